The zero-order valence-electron chi connectivity index (χ0n) is 21.7. The number of nitrogens with one attached hydrogen (secondary N) is 2. The summed E-state index contributed by atoms with van der Waals surface area (Å²) in [5, 5.41) is 5.62. The van der Waals surface area contributed by atoms with Crippen molar-refractivity contribution < 1.29 is 14.3 Å². The molecule has 1 atom stereocenters. The predicted molar refractivity (Wildman–Crippen MR) is 137 cm³/mol. The summed E-state index contributed by atoms with van der Waals surface area (Å²) >= 11 is 0. The number of rotatable bonds is 19. The number of nitrogens with two attached hydrogens (primary N) is 2. The zero-order valence-corrected chi connectivity index (χ0v) is 21.7. The summed E-state index contributed by atoms with van der Waals surface area (Å²) in [7, 11) is 0. The Bertz CT molecular complexity index is 543. The third-order valence-corrected chi connectivity index (χ3v) is 5.28. The van der Waals surface area contributed by atoms with Crippen molar-refractivity contribution in [1.29, 1.82) is 0 Å². The number of amides is 2. The Morgan fingerprint density at radius 2 is 1.36 bits per heavy atom. The van der Waals surface area contributed by atoms with Gasteiger partial charge >= 0.3 is 6.09 Å². The molecule has 194 valence electrons. The lowest BCUT2D eigenvalue weighted by Gasteiger charge is -2.23. The quantitative estimate of drug-likeness (QED) is 0.123. The van der Waals surface area contributed by atoms with E-state index in [1.54, 1.807) is 20.8 Å². The van der Waals surface area contributed by atoms with Gasteiger partial charge in [0.25, 0.3) is 0 Å². The Balaban J connectivity index is 4.08. The Morgan fingerprint density at radius 1 is 0.848 bits per heavy atom. The van der Waals surface area contributed by atoms with Crippen LogP contribution in [0, 0.1) is 0 Å². The van der Waals surface area contributed by atoms with Gasteiger partial charge in [-0.25, -0.2) is 4.79 Å². The van der Waals surface area contributed by atoms with Crippen LogP contribution in [0.2, 0.25) is 0 Å². The summed E-state index contributed by atoms with van der Waals surface area (Å²) in [4.78, 5) is 28.7. The molecule has 33 heavy (non-hydrogen) atoms. The topological polar surface area (TPSA) is 132 Å². The van der Waals surface area contributed by atoms with Crippen molar-refractivity contribution in [2.75, 3.05) is 13.1 Å². The maximum Gasteiger partial charge on any atom is 0.408 e. The molecule has 0 aromatic heterocycles. The minimum atomic E-state index is -0.675. The van der Waals surface area contributed by atoms with Gasteiger partial charge in [-0.1, -0.05) is 77.6 Å². The first-order valence-corrected chi connectivity index (χ1v) is 13.0. The van der Waals surface area contributed by atoms with Crippen LogP contribution in [0.3, 0.4) is 0 Å². The molecule has 0 rings (SSSR count). The van der Waals surface area contributed by atoms with Crippen molar-refractivity contribution in [2.24, 2.45) is 16.5 Å². The molecule has 8 heteroatoms. The fourth-order valence-electron chi connectivity index (χ4n) is 3.52. The van der Waals surface area contributed by atoms with E-state index >= 15 is 0 Å². The first-order chi connectivity index (χ1) is 15.7. The summed E-state index contributed by atoms with van der Waals surface area (Å²) in [5.74, 6) is -0.184. The predicted octanol–water partition coefficient (Wildman–Crippen LogP) is 4.75. The molecule has 0 aliphatic heterocycles. The van der Waals surface area contributed by atoms with Crippen molar-refractivity contribution in [1.82, 2.24) is 10.6 Å². The standard InChI is InChI=1S/C25H51N5O3/c1-5-6-7-8-9-10-11-12-13-14-15-16-19-28-22(31)21(18-17-20-29-23(26)27)30-24(32)33-25(2,3)4/h21H,5-20H2,1-4H3,(H,28,31)(H,30,32)(H4,26,27,29)/t21-/m0/s1. The van der Waals surface area contributed by atoms with E-state index in [-0.39, 0.29) is 11.9 Å². The zero-order chi connectivity index (χ0) is 25.0. The van der Waals surface area contributed by atoms with E-state index in [9.17, 15) is 9.59 Å². The Hall–Kier alpha value is -1.99. The smallest absolute Gasteiger partial charge is 0.408 e. The SMILES string of the molecule is CCCCCCCCCCCCCCNC(=O)[C@H](CCCN=C(N)N)NC(=O)OC(C)(C)C. The number of alkyl carbamates (subject to hydrolysis) is 1. The first kappa shape index (κ1) is 31.0. The molecule has 0 saturated carbocycles. The van der Waals surface area contributed by atoms with E-state index < -0.39 is 17.7 Å². The number of hydrogen-bond donors (Lipinski definition) is 4. The molecule has 2 amide bonds. The van der Waals surface area contributed by atoms with Gasteiger partial charge in [0.05, 0.1) is 0 Å². The number of nitrogens with zero attached hydrogens (tertiary/aromatic N) is 1. The molecule has 0 heterocycles. The van der Waals surface area contributed by atoms with Crippen molar-refractivity contribution in [2.45, 2.75) is 129 Å². The number of carbonyl (C=O) groups is 2. The molecule has 0 bridgehead atoms. The lowest BCUT2D eigenvalue weighted by Crippen LogP contribution is -2.48. The van der Waals surface area contributed by atoms with Crippen LogP contribution in [0.4, 0.5) is 4.79 Å². The van der Waals surface area contributed by atoms with Crippen molar-refractivity contribution in [3.8, 4) is 0 Å². The van der Waals surface area contributed by atoms with Crippen LogP contribution in [0.1, 0.15) is 118 Å². The van der Waals surface area contributed by atoms with Crippen LogP contribution in [-0.4, -0.2) is 42.7 Å². The monoisotopic (exact) mass is 469 g/mol. The highest BCUT2D eigenvalue weighted by atomic mass is 16.6. The van der Waals surface area contributed by atoms with E-state index in [1.165, 1.54) is 64.2 Å². The van der Waals surface area contributed by atoms with Crippen molar-refractivity contribution in [3.05, 3.63) is 0 Å². The van der Waals surface area contributed by atoms with Crippen LogP contribution < -0.4 is 22.1 Å². The van der Waals surface area contributed by atoms with Crippen LogP contribution in [0.5, 0.6) is 0 Å². The van der Waals surface area contributed by atoms with Crippen LogP contribution in [0.15, 0.2) is 4.99 Å². The second kappa shape index (κ2) is 19.5. The average molecular weight is 470 g/mol. The van der Waals surface area contributed by atoms with E-state index in [4.69, 9.17) is 16.2 Å². The molecule has 0 spiro atoms. The number of unbranched alkanes of at least 4 members (excludes halogenated alkanes) is 11. The fraction of sp³-hybridized carbons (Fsp3) is 0.880. The van der Waals surface area contributed by atoms with E-state index in [0.29, 0.717) is 25.9 Å². The van der Waals surface area contributed by atoms with Gasteiger partial charge in [-0.3, -0.25) is 9.79 Å². The molecule has 0 aromatic carbocycles. The molecule has 6 N–H and O–H groups in total. The number of carbonyl (C=O) groups excluding carboxylic acids is 2. The maximum absolute atomic E-state index is 12.6. The molecular formula is C25H51N5O3. The van der Waals surface area contributed by atoms with E-state index in [0.717, 1.165) is 12.8 Å². The molecule has 0 saturated heterocycles. The second-order valence-corrected chi connectivity index (χ2v) is 9.83. The van der Waals surface area contributed by atoms with Gasteiger partial charge in [-0.05, 0) is 40.0 Å². The maximum atomic E-state index is 12.6. The molecule has 0 radical (unpaired) electrons. The third kappa shape index (κ3) is 21.6. The minimum absolute atomic E-state index is 0.0167. The Kier molecular flexibility index (Phi) is 18.3. The van der Waals surface area contributed by atoms with Gasteiger partial charge < -0.3 is 26.8 Å². The molecule has 0 unspecified atom stereocenters. The minimum Gasteiger partial charge on any atom is -0.444 e. The molecule has 0 fully saturated rings. The van der Waals surface area contributed by atoms with Crippen molar-refractivity contribution >= 4 is 18.0 Å². The van der Waals surface area contributed by atoms with E-state index in [1.807, 2.05) is 0 Å². The summed E-state index contributed by atoms with van der Waals surface area (Å²) < 4.78 is 5.29. The van der Waals surface area contributed by atoms with Crippen molar-refractivity contribution in [3.63, 3.8) is 0 Å². The molecular weight excluding hydrogens is 418 g/mol. The third-order valence-electron chi connectivity index (χ3n) is 5.28. The average Bonchev–Trinajstić information content (AvgIpc) is 2.72. The number of aliphatic imine (C=N–C) groups is 1. The van der Waals surface area contributed by atoms with E-state index in [2.05, 4.69) is 22.5 Å². The normalized spacial score (nSPS) is 12.1. The first-order valence-electron chi connectivity index (χ1n) is 13.0. The lowest BCUT2D eigenvalue weighted by atomic mass is 10.1. The van der Waals surface area contributed by atoms with Gasteiger partial charge in [0.1, 0.15) is 11.6 Å². The highest BCUT2D eigenvalue weighted by molar-refractivity contribution is 5.85. The van der Waals surface area contributed by atoms with Crippen LogP contribution in [0.25, 0.3) is 0 Å². The fourth-order valence-corrected chi connectivity index (χ4v) is 3.52. The largest absolute Gasteiger partial charge is 0.444 e. The number of ether oxygens (including phenoxy) is 1. The Morgan fingerprint density at radius 3 is 1.85 bits per heavy atom. The van der Waals surface area contributed by atoms with Gasteiger partial charge in [0.2, 0.25) is 5.91 Å². The van der Waals surface area contributed by atoms with Crippen LogP contribution >= 0.6 is 0 Å². The van der Waals surface area contributed by atoms with Gasteiger partial charge in [0, 0.05) is 13.1 Å². The van der Waals surface area contributed by atoms with Gasteiger partial charge in [-0.15, -0.1) is 0 Å². The molecule has 0 aliphatic carbocycles. The summed E-state index contributed by atoms with van der Waals surface area (Å²) in [5.41, 5.74) is 10.1. The lowest BCUT2D eigenvalue weighted by molar-refractivity contribution is -0.123. The summed E-state index contributed by atoms with van der Waals surface area (Å²) in [6.07, 6.45) is 15.7. The highest BCUT2D eigenvalue weighted by Crippen LogP contribution is 2.12. The van der Waals surface area contributed by atoms with Crippen LogP contribution in [-0.2, 0) is 9.53 Å². The highest BCUT2D eigenvalue weighted by Gasteiger charge is 2.23. The number of guanidine groups is 1. The molecule has 8 nitrogen and oxygen atoms in total. The van der Waals surface area contributed by atoms with Gasteiger partial charge in [-0.2, -0.15) is 0 Å². The van der Waals surface area contributed by atoms with Gasteiger partial charge in [0.15, 0.2) is 5.96 Å². The molecule has 0 aromatic rings. The summed E-state index contributed by atoms with van der Waals surface area (Å²) in [6.45, 7) is 8.62. The Labute approximate surface area is 202 Å². The summed E-state index contributed by atoms with van der Waals surface area (Å²) in [6, 6.07) is -0.675. The number of hydrogen-bond acceptors (Lipinski definition) is 4. The molecule has 0 aliphatic rings. The second-order valence-electron chi connectivity index (χ2n) is 9.83.